The van der Waals surface area contributed by atoms with Gasteiger partial charge in [0.15, 0.2) is 0 Å². The Morgan fingerprint density at radius 3 is 1.79 bits per heavy atom. The van der Waals surface area contributed by atoms with Crippen molar-refractivity contribution >= 4 is 28.8 Å². The standard InChI is InChI=1S/C26H32BN/c1-2-3-4-5-6-15-22-28-26-21-14-13-20-25(26)27(23-16-9-7-10-17-23)24-18-11-8-12-19-24/h7-14,16-21,28H,2-6,15,22H2,1H3. The normalized spacial score (nSPS) is 10.6. The van der Waals surface area contributed by atoms with E-state index < -0.39 is 0 Å². The Morgan fingerprint density at radius 1 is 0.607 bits per heavy atom. The number of unbranched alkanes of at least 4 members (excludes halogenated alkanes) is 5. The first-order valence-electron chi connectivity index (χ1n) is 10.8. The lowest BCUT2D eigenvalue weighted by Gasteiger charge is -2.20. The van der Waals surface area contributed by atoms with Gasteiger partial charge in [-0.15, -0.1) is 0 Å². The Bertz CT molecular complexity index is 761. The number of hydrogen-bond acceptors (Lipinski definition) is 1. The van der Waals surface area contributed by atoms with E-state index in [9.17, 15) is 0 Å². The minimum absolute atomic E-state index is 0.246. The molecule has 0 bridgehead atoms. The highest BCUT2D eigenvalue weighted by Crippen LogP contribution is 2.09. The molecule has 3 aromatic carbocycles. The topological polar surface area (TPSA) is 12.0 Å². The largest absolute Gasteiger partial charge is 0.385 e. The fourth-order valence-electron chi connectivity index (χ4n) is 3.88. The van der Waals surface area contributed by atoms with E-state index in [0.29, 0.717) is 0 Å². The Hall–Kier alpha value is -2.48. The van der Waals surface area contributed by atoms with Crippen LogP contribution < -0.4 is 21.7 Å². The Labute approximate surface area is 171 Å². The van der Waals surface area contributed by atoms with Gasteiger partial charge in [-0.1, -0.05) is 129 Å². The van der Waals surface area contributed by atoms with Gasteiger partial charge < -0.3 is 5.32 Å². The maximum absolute atomic E-state index is 3.72. The quantitative estimate of drug-likeness (QED) is 0.372. The summed E-state index contributed by atoms with van der Waals surface area (Å²) in [4.78, 5) is 0. The molecule has 0 saturated heterocycles. The zero-order valence-corrected chi connectivity index (χ0v) is 17.1. The van der Waals surface area contributed by atoms with E-state index in [2.05, 4.69) is 97.2 Å². The molecule has 1 N–H and O–H groups in total. The second kappa shape index (κ2) is 11.4. The molecule has 3 aromatic rings. The molecule has 28 heavy (non-hydrogen) atoms. The molecule has 0 heterocycles. The summed E-state index contributed by atoms with van der Waals surface area (Å²) in [6.07, 6.45) is 7.96. The number of para-hydroxylation sites is 1. The number of hydrogen-bond donors (Lipinski definition) is 1. The third-order valence-electron chi connectivity index (χ3n) is 5.38. The van der Waals surface area contributed by atoms with Crippen LogP contribution in [0, 0.1) is 0 Å². The third kappa shape index (κ3) is 5.76. The predicted octanol–water partition coefficient (Wildman–Crippen LogP) is 4.98. The van der Waals surface area contributed by atoms with E-state index in [1.54, 1.807) is 0 Å². The smallest absolute Gasteiger partial charge is 0.243 e. The molecule has 0 aliphatic heterocycles. The van der Waals surface area contributed by atoms with Crippen molar-refractivity contribution in [2.24, 2.45) is 0 Å². The van der Waals surface area contributed by atoms with Gasteiger partial charge >= 0.3 is 0 Å². The fraction of sp³-hybridized carbons (Fsp3) is 0.308. The highest BCUT2D eigenvalue weighted by Gasteiger charge is 2.23. The average molecular weight is 369 g/mol. The Morgan fingerprint density at radius 2 is 1.14 bits per heavy atom. The molecule has 0 fully saturated rings. The Balaban J connectivity index is 1.76. The van der Waals surface area contributed by atoms with E-state index >= 15 is 0 Å². The van der Waals surface area contributed by atoms with E-state index in [0.717, 1.165) is 6.54 Å². The molecular formula is C26H32BN. The van der Waals surface area contributed by atoms with Crippen molar-refractivity contribution in [3.63, 3.8) is 0 Å². The first-order chi connectivity index (χ1) is 13.9. The van der Waals surface area contributed by atoms with Crippen molar-refractivity contribution in [2.75, 3.05) is 11.9 Å². The summed E-state index contributed by atoms with van der Waals surface area (Å²) in [6.45, 7) is 3.56. The molecule has 1 nitrogen and oxygen atoms in total. The van der Waals surface area contributed by atoms with Crippen LogP contribution in [-0.2, 0) is 0 Å². The summed E-state index contributed by atoms with van der Waals surface area (Å²) >= 11 is 0. The van der Waals surface area contributed by atoms with Crippen LogP contribution in [0.15, 0.2) is 84.9 Å². The molecular weight excluding hydrogens is 337 g/mol. The van der Waals surface area contributed by atoms with Gasteiger partial charge in [0.2, 0.25) is 6.71 Å². The minimum Gasteiger partial charge on any atom is -0.385 e. The van der Waals surface area contributed by atoms with Gasteiger partial charge in [0.25, 0.3) is 0 Å². The van der Waals surface area contributed by atoms with Crippen LogP contribution in [0.1, 0.15) is 45.4 Å². The Kier molecular flexibility index (Phi) is 8.24. The maximum atomic E-state index is 3.72. The van der Waals surface area contributed by atoms with Crippen LogP contribution in [0.25, 0.3) is 0 Å². The van der Waals surface area contributed by atoms with E-state index in [-0.39, 0.29) is 6.71 Å². The van der Waals surface area contributed by atoms with Crippen molar-refractivity contribution in [1.29, 1.82) is 0 Å². The molecule has 0 radical (unpaired) electrons. The summed E-state index contributed by atoms with van der Waals surface area (Å²) < 4.78 is 0. The van der Waals surface area contributed by atoms with Crippen molar-refractivity contribution < 1.29 is 0 Å². The van der Waals surface area contributed by atoms with Crippen molar-refractivity contribution in [2.45, 2.75) is 45.4 Å². The van der Waals surface area contributed by atoms with Gasteiger partial charge in [0.1, 0.15) is 0 Å². The molecule has 3 rings (SSSR count). The third-order valence-corrected chi connectivity index (χ3v) is 5.38. The zero-order chi connectivity index (χ0) is 19.4. The minimum atomic E-state index is 0.246. The lowest BCUT2D eigenvalue weighted by atomic mass is 9.36. The lowest BCUT2D eigenvalue weighted by molar-refractivity contribution is 0.617. The molecule has 0 spiro atoms. The number of anilines is 1. The molecule has 0 aliphatic carbocycles. The second-order valence-electron chi connectivity index (χ2n) is 7.54. The van der Waals surface area contributed by atoms with Crippen molar-refractivity contribution in [3.05, 3.63) is 84.9 Å². The first kappa shape index (κ1) is 20.3. The van der Waals surface area contributed by atoms with Gasteiger partial charge in [0.05, 0.1) is 0 Å². The van der Waals surface area contributed by atoms with E-state index in [1.165, 1.54) is 60.6 Å². The molecule has 0 unspecified atom stereocenters. The summed E-state index contributed by atoms with van der Waals surface area (Å²) in [5, 5.41) is 3.72. The number of rotatable bonds is 11. The van der Waals surface area contributed by atoms with Crippen LogP contribution in [-0.4, -0.2) is 13.3 Å². The summed E-state index contributed by atoms with van der Waals surface area (Å²) in [5.74, 6) is 0. The molecule has 0 saturated carbocycles. The lowest BCUT2D eigenvalue weighted by Crippen LogP contribution is -2.52. The number of benzene rings is 3. The molecule has 0 aliphatic rings. The molecule has 2 heteroatoms. The van der Waals surface area contributed by atoms with Gasteiger partial charge in [0, 0.05) is 12.2 Å². The van der Waals surface area contributed by atoms with Crippen LogP contribution in [0.3, 0.4) is 0 Å². The summed E-state index contributed by atoms with van der Waals surface area (Å²) in [6, 6.07) is 30.5. The van der Waals surface area contributed by atoms with Crippen molar-refractivity contribution in [1.82, 2.24) is 0 Å². The van der Waals surface area contributed by atoms with E-state index in [4.69, 9.17) is 0 Å². The van der Waals surface area contributed by atoms with Crippen LogP contribution >= 0.6 is 0 Å². The SMILES string of the molecule is CCCCCCCCNc1ccccc1B(c1ccccc1)c1ccccc1. The number of nitrogens with one attached hydrogen (secondary N) is 1. The van der Waals surface area contributed by atoms with Gasteiger partial charge in [-0.2, -0.15) is 0 Å². The van der Waals surface area contributed by atoms with Gasteiger partial charge in [-0.25, -0.2) is 0 Å². The molecule has 0 aromatic heterocycles. The van der Waals surface area contributed by atoms with Crippen LogP contribution in [0.5, 0.6) is 0 Å². The van der Waals surface area contributed by atoms with Crippen LogP contribution in [0.2, 0.25) is 0 Å². The van der Waals surface area contributed by atoms with Gasteiger partial charge in [-0.3, -0.25) is 0 Å². The average Bonchev–Trinajstić information content (AvgIpc) is 2.76. The predicted molar refractivity (Wildman–Crippen MR) is 126 cm³/mol. The molecule has 0 atom stereocenters. The highest BCUT2D eigenvalue weighted by molar-refractivity contribution is 6.96. The van der Waals surface area contributed by atoms with Crippen molar-refractivity contribution in [3.8, 4) is 0 Å². The maximum Gasteiger partial charge on any atom is 0.243 e. The highest BCUT2D eigenvalue weighted by atomic mass is 14.9. The second-order valence-corrected chi connectivity index (χ2v) is 7.54. The monoisotopic (exact) mass is 369 g/mol. The molecule has 144 valence electrons. The summed E-state index contributed by atoms with van der Waals surface area (Å²) in [5.41, 5.74) is 5.28. The summed E-state index contributed by atoms with van der Waals surface area (Å²) in [7, 11) is 0. The fourth-order valence-corrected chi connectivity index (χ4v) is 3.88. The first-order valence-corrected chi connectivity index (χ1v) is 10.8. The van der Waals surface area contributed by atoms with Gasteiger partial charge in [-0.05, 0) is 17.9 Å². The zero-order valence-electron chi connectivity index (χ0n) is 17.1. The van der Waals surface area contributed by atoms with E-state index in [1.807, 2.05) is 0 Å². The molecule has 0 amide bonds. The van der Waals surface area contributed by atoms with Crippen LogP contribution in [0.4, 0.5) is 5.69 Å².